The summed E-state index contributed by atoms with van der Waals surface area (Å²) < 4.78 is 0. The maximum Gasteiger partial charge on any atom is -0.00259 e. The van der Waals surface area contributed by atoms with Crippen LogP contribution in [0.15, 0.2) is 134 Å². The van der Waals surface area contributed by atoms with Crippen molar-refractivity contribution < 1.29 is 0 Å². The Bertz CT molecular complexity index is 2060. The van der Waals surface area contributed by atoms with E-state index in [2.05, 4.69) is 134 Å². The standard InChI is InChI=1S/C38H26/c1-3-25-17-19-29(21-26(25)4-2)36-23-31-24-37(30-20-18-27-11-5-6-12-28(27)22-30)33-14-8-10-16-35(33)38(31)34-15-9-7-13-32(34)36/h3-24H,1-2H2. The van der Waals surface area contributed by atoms with Gasteiger partial charge in [-0.2, -0.15) is 0 Å². The van der Waals surface area contributed by atoms with Gasteiger partial charge < -0.3 is 0 Å². The number of fused-ring (bicyclic) bond motifs is 6. The predicted octanol–water partition coefficient (Wildman–Crippen LogP) is 10.9. The van der Waals surface area contributed by atoms with E-state index in [-0.39, 0.29) is 0 Å². The van der Waals surface area contributed by atoms with Gasteiger partial charge in [-0.15, -0.1) is 0 Å². The van der Waals surface area contributed by atoms with E-state index >= 15 is 0 Å². The van der Waals surface area contributed by atoms with Crippen molar-refractivity contribution in [1.29, 1.82) is 0 Å². The lowest BCUT2D eigenvalue weighted by Crippen LogP contribution is -1.90. The third-order valence-corrected chi connectivity index (χ3v) is 7.76. The van der Waals surface area contributed by atoms with Crippen molar-refractivity contribution in [3.05, 3.63) is 146 Å². The Morgan fingerprint density at radius 3 is 1.55 bits per heavy atom. The summed E-state index contributed by atoms with van der Waals surface area (Å²) in [6.45, 7) is 8.01. The fraction of sp³-hybridized carbons (Fsp3) is 0. The lowest BCUT2D eigenvalue weighted by atomic mass is 9.87. The van der Waals surface area contributed by atoms with E-state index < -0.39 is 0 Å². The number of hydrogen-bond donors (Lipinski definition) is 0. The third kappa shape index (κ3) is 3.46. The van der Waals surface area contributed by atoms with Crippen molar-refractivity contribution >= 4 is 55.2 Å². The zero-order chi connectivity index (χ0) is 25.6. The van der Waals surface area contributed by atoms with Gasteiger partial charge in [-0.25, -0.2) is 0 Å². The molecule has 0 amide bonds. The Morgan fingerprint density at radius 2 is 0.921 bits per heavy atom. The molecule has 0 spiro atoms. The van der Waals surface area contributed by atoms with Crippen LogP contribution < -0.4 is 0 Å². The summed E-state index contributed by atoms with van der Waals surface area (Å²) in [4.78, 5) is 0. The summed E-state index contributed by atoms with van der Waals surface area (Å²) in [5.41, 5.74) is 7.10. The van der Waals surface area contributed by atoms with E-state index in [1.807, 2.05) is 12.2 Å². The van der Waals surface area contributed by atoms with Crippen LogP contribution >= 0.6 is 0 Å². The second-order valence-electron chi connectivity index (χ2n) is 9.85. The molecule has 0 saturated carbocycles. The Labute approximate surface area is 222 Å². The van der Waals surface area contributed by atoms with Crippen molar-refractivity contribution in [2.45, 2.75) is 0 Å². The van der Waals surface area contributed by atoms with Crippen LogP contribution in [-0.4, -0.2) is 0 Å². The van der Waals surface area contributed by atoms with Crippen LogP contribution in [0.1, 0.15) is 11.1 Å². The molecule has 0 aliphatic heterocycles. The van der Waals surface area contributed by atoms with Gasteiger partial charge in [0.05, 0.1) is 0 Å². The fourth-order valence-electron chi connectivity index (χ4n) is 5.92. The molecule has 0 aromatic heterocycles. The molecule has 0 aliphatic rings. The SMILES string of the molecule is C=Cc1ccc(-c2cc3cc(-c4ccc5ccccc5c4)c4ccccc4c3c3ccccc23)cc1C=C. The molecule has 0 saturated heterocycles. The Balaban J connectivity index is 1.59. The average molecular weight is 483 g/mol. The van der Waals surface area contributed by atoms with E-state index in [0.29, 0.717) is 0 Å². The maximum absolute atomic E-state index is 4.04. The number of rotatable bonds is 4. The maximum atomic E-state index is 4.04. The van der Waals surface area contributed by atoms with Crippen LogP contribution in [0.3, 0.4) is 0 Å². The minimum absolute atomic E-state index is 1.09. The highest BCUT2D eigenvalue weighted by molar-refractivity contribution is 6.25. The van der Waals surface area contributed by atoms with Crippen LogP contribution in [0.25, 0.3) is 77.5 Å². The largest absolute Gasteiger partial charge is 0.0984 e. The summed E-state index contributed by atoms with van der Waals surface area (Å²) in [5.74, 6) is 0. The molecule has 7 rings (SSSR count). The zero-order valence-corrected chi connectivity index (χ0v) is 21.1. The van der Waals surface area contributed by atoms with Gasteiger partial charge in [0.15, 0.2) is 0 Å². The fourth-order valence-corrected chi connectivity index (χ4v) is 5.92. The minimum atomic E-state index is 1.09. The molecular weight excluding hydrogens is 456 g/mol. The lowest BCUT2D eigenvalue weighted by Gasteiger charge is -2.17. The van der Waals surface area contributed by atoms with E-state index in [4.69, 9.17) is 0 Å². The molecule has 178 valence electrons. The summed E-state index contributed by atoms with van der Waals surface area (Å²) >= 11 is 0. The first kappa shape index (κ1) is 22.3. The Kier molecular flexibility index (Phi) is 5.20. The molecule has 0 aliphatic carbocycles. The Morgan fingerprint density at radius 1 is 0.395 bits per heavy atom. The number of benzene rings is 7. The molecule has 0 unspecified atom stereocenters. The van der Waals surface area contributed by atoms with Gasteiger partial charge in [0, 0.05) is 0 Å². The Hall–Kier alpha value is -4.94. The molecular formula is C38H26. The molecule has 0 nitrogen and oxygen atoms in total. The van der Waals surface area contributed by atoms with Gasteiger partial charge in [-0.3, -0.25) is 0 Å². The summed E-state index contributed by atoms with van der Waals surface area (Å²) in [5, 5.41) is 10.1. The van der Waals surface area contributed by atoms with Gasteiger partial charge in [0.1, 0.15) is 0 Å². The number of hydrogen-bond acceptors (Lipinski definition) is 0. The predicted molar refractivity (Wildman–Crippen MR) is 168 cm³/mol. The average Bonchev–Trinajstić information content (AvgIpc) is 2.99. The van der Waals surface area contributed by atoms with Crippen LogP contribution in [0.5, 0.6) is 0 Å². The molecule has 38 heavy (non-hydrogen) atoms. The highest BCUT2D eigenvalue weighted by Crippen LogP contribution is 2.42. The second-order valence-corrected chi connectivity index (χ2v) is 9.85. The van der Waals surface area contributed by atoms with Gasteiger partial charge in [-0.05, 0) is 101 Å². The summed E-state index contributed by atoms with van der Waals surface area (Å²) in [6.07, 6.45) is 3.80. The minimum Gasteiger partial charge on any atom is -0.0984 e. The van der Waals surface area contributed by atoms with E-state index in [1.165, 1.54) is 65.3 Å². The van der Waals surface area contributed by atoms with Crippen molar-refractivity contribution in [3.63, 3.8) is 0 Å². The van der Waals surface area contributed by atoms with E-state index in [9.17, 15) is 0 Å². The van der Waals surface area contributed by atoms with Crippen LogP contribution in [0, 0.1) is 0 Å². The first-order valence-electron chi connectivity index (χ1n) is 13.0. The van der Waals surface area contributed by atoms with Gasteiger partial charge in [0.2, 0.25) is 0 Å². The van der Waals surface area contributed by atoms with E-state index in [1.54, 1.807) is 0 Å². The molecule has 0 atom stereocenters. The highest BCUT2D eigenvalue weighted by atomic mass is 14.2. The van der Waals surface area contributed by atoms with Crippen LogP contribution in [0.4, 0.5) is 0 Å². The molecule has 0 bridgehead atoms. The van der Waals surface area contributed by atoms with E-state index in [0.717, 1.165) is 11.1 Å². The molecule has 0 N–H and O–H groups in total. The first-order valence-corrected chi connectivity index (χ1v) is 13.0. The summed E-state index contributed by atoms with van der Waals surface area (Å²) in [7, 11) is 0. The monoisotopic (exact) mass is 482 g/mol. The topological polar surface area (TPSA) is 0 Å². The van der Waals surface area contributed by atoms with Crippen molar-refractivity contribution in [1.82, 2.24) is 0 Å². The quantitative estimate of drug-likeness (QED) is 0.219. The van der Waals surface area contributed by atoms with Crippen molar-refractivity contribution in [2.75, 3.05) is 0 Å². The van der Waals surface area contributed by atoms with Gasteiger partial charge in [0.25, 0.3) is 0 Å². The summed E-state index contributed by atoms with van der Waals surface area (Å²) in [6, 6.07) is 44.3. The molecule has 0 heterocycles. The molecule has 0 radical (unpaired) electrons. The zero-order valence-electron chi connectivity index (χ0n) is 21.1. The van der Waals surface area contributed by atoms with Gasteiger partial charge >= 0.3 is 0 Å². The van der Waals surface area contributed by atoms with Crippen molar-refractivity contribution in [2.24, 2.45) is 0 Å². The third-order valence-electron chi connectivity index (χ3n) is 7.76. The highest BCUT2D eigenvalue weighted by Gasteiger charge is 2.15. The molecule has 7 aromatic carbocycles. The molecule has 0 fully saturated rings. The smallest absolute Gasteiger partial charge is 0.00259 e. The van der Waals surface area contributed by atoms with Crippen LogP contribution in [0.2, 0.25) is 0 Å². The normalized spacial score (nSPS) is 11.4. The van der Waals surface area contributed by atoms with Gasteiger partial charge in [-0.1, -0.05) is 122 Å². The lowest BCUT2D eigenvalue weighted by molar-refractivity contribution is 1.60. The van der Waals surface area contributed by atoms with Crippen molar-refractivity contribution in [3.8, 4) is 22.3 Å². The first-order chi connectivity index (χ1) is 18.7. The molecule has 7 aromatic rings. The van der Waals surface area contributed by atoms with Crippen LogP contribution in [-0.2, 0) is 0 Å². The second kappa shape index (κ2) is 8.87. The molecule has 0 heteroatoms.